The van der Waals surface area contributed by atoms with Crippen LogP contribution in [0.2, 0.25) is 0 Å². The van der Waals surface area contributed by atoms with E-state index in [1.165, 1.54) is 0 Å². The Balaban J connectivity index is 1.61. The Morgan fingerprint density at radius 1 is 1.40 bits per heavy atom. The van der Waals surface area contributed by atoms with E-state index in [2.05, 4.69) is 15.6 Å². The van der Waals surface area contributed by atoms with Crippen molar-refractivity contribution in [1.29, 1.82) is 0 Å². The molecule has 2 N–H and O–H groups in total. The summed E-state index contributed by atoms with van der Waals surface area (Å²) in [5, 5.41) is 6.63. The van der Waals surface area contributed by atoms with E-state index < -0.39 is 5.92 Å². The first-order valence-corrected chi connectivity index (χ1v) is 8.95. The number of anilines is 1. The lowest BCUT2D eigenvalue weighted by Gasteiger charge is -2.25. The van der Waals surface area contributed by atoms with Crippen molar-refractivity contribution < 1.29 is 14.3 Å². The smallest absolute Gasteiger partial charge is 0.228 e. The van der Waals surface area contributed by atoms with Crippen LogP contribution in [0.4, 0.5) is 5.69 Å². The number of pyridine rings is 1. The maximum absolute atomic E-state index is 12.6. The summed E-state index contributed by atoms with van der Waals surface area (Å²) < 4.78 is 5.23. The zero-order valence-electron chi connectivity index (χ0n) is 13.8. The van der Waals surface area contributed by atoms with Gasteiger partial charge < -0.3 is 15.4 Å². The Labute approximate surface area is 150 Å². The van der Waals surface area contributed by atoms with Gasteiger partial charge in [-0.2, -0.15) is 0 Å². The molecule has 0 fully saturated rings. The van der Waals surface area contributed by atoms with Gasteiger partial charge in [0.2, 0.25) is 11.8 Å². The Bertz CT molecular complexity index is 767. The molecule has 2 aromatic rings. The molecule has 7 heteroatoms. The van der Waals surface area contributed by atoms with Crippen LogP contribution in [0.5, 0.6) is 5.75 Å². The van der Waals surface area contributed by atoms with Gasteiger partial charge in [-0.3, -0.25) is 9.59 Å². The van der Waals surface area contributed by atoms with Gasteiger partial charge in [0.15, 0.2) is 0 Å². The molecule has 6 nitrogen and oxygen atoms in total. The molecule has 3 rings (SSSR count). The number of carbonyl (C=O) groups is 2. The molecule has 25 heavy (non-hydrogen) atoms. The lowest BCUT2D eigenvalue weighted by Crippen LogP contribution is -2.36. The summed E-state index contributed by atoms with van der Waals surface area (Å²) in [6.45, 7) is 0.511. The lowest BCUT2D eigenvalue weighted by molar-refractivity contribution is -0.126. The molecule has 0 aliphatic carbocycles. The molecular formula is C18H19N3O3S. The van der Waals surface area contributed by atoms with Gasteiger partial charge in [0, 0.05) is 30.6 Å². The second-order valence-corrected chi connectivity index (χ2v) is 6.68. The number of hydrogen-bond acceptors (Lipinski definition) is 5. The Morgan fingerprint density at radius 3 is 3.04 bits per heavy atom. The van der Waals surface area contributed by atoms with Crippen LogP contribution >= 0.6 is 11.8 Å². The third kappa shape index (κ3) is 4.30. The molecule has 0 unspecified atom stereocenters. The highest BCUT2D eigenvalue weighted by Crippen LogP contribution is 2.35. The van der Waals surface area contributed by atoms with Gasteiger partial charge >= 0.3 is 0 Å². The molecule has 1 aromatic carbocycles. The number of amides is 2. The number of thioether (sulfide) groups is 1. The van der Waals surface area contributed by atoms with Gasteiger partial charge in [-0.1, -0.05) is 6.07 Å². The number of aromatic nitrogens is 1. The average Bonchev–Trinajstić information content (AvgIpc) is 2.65. The van der Waals surface area contributed by atoms with Crippen LogP contribution in [0, 0.1) is 0 Å². The van der Waals surface area contributed by atoms with E-state index in [0.717, 1.165) is 10.6 Å². The molecule has 0 spiro atoms. The highest BCUT2D eigenvalue weighted by atomic mass is 32.2. The molecule has 2 amide bonds. The number of benzene rings is 1. The highest BCUT2D eigenvalue weighted by Gasteiger charge is 2.30. The average molecular weight is 357 g/mol. The molecule has 1 aliphatic heterocycles. The van der Waals surface area contributed by atoms with Crippen molar-refractivity contribution in [3.8, 4) is 5.75 Å². The zero-order valence-corrected chi connectivity index (χ0v) is 14.6. The molecule has 0 bridgehead atoms. The minimum Gasteiger partial charge on any atom is -0.497 e. The summed E-state index contributed by atoms with van der Waals surface area (Å²) in [7, 11) is 1.58. The molecule has 1 aliphatic rings. The van der Waals surface area contributed by atoms with E-state index in [4.69, 9.17) is 4.74 Å². The number of nitrogens with one attached hydrogen (secondary N) is 2. The second-order valence-electron chi connectivity index (χ2n) is 5.57. The summed E-state index contributed by atoms with van der Waals surface area (Å²) in [5.74, 6) is 0.580. The Hall–Kier alpha value is -2.54. The number of fused-ring (bicyclic) bond motifs is 1. The Kier molecular flexibility index (Phi) is 5.55. The summed E-state index contributed by atoms with van der Waals surface area (Å²) >= 11 is 1.58. The van der Waals surface area contributed by atoms with Gasteiger partial charge in [-0.15, -0.1) is 11.8 Å². The van der Waals surface area contributed by atoms with Gasteiger partial charge in [0.05, 0.1) is 18.1 Å². The summed E-state index contributed by atoms with van der Waals surface area (Å²) in [4.78, 5) is 28.7. The quantitative estimate of drug-likeness (QED) is 0.613. The van der Waals surface area contributed by atoms with Gasteiger partial charge in [0.1, 0.15) is 5.75 Å². The monoisotopic (exact) mass is 357 g/mol. The van der Waals surface area contributed by atoms with E-state index >= 15 is 0 Å². The third-order valence-corrected chi connectivity index (χ3v) is 4.85. The third-order valence-electron chi connectivity index (χ3n) is 3.90. The van der Waals surface area contributed by atoms with E-state index in [9.17, 15) is 9.59 Å². The number of nitrogens with zero attached hydrogens (tertiary/aromatic N) is 1. The fourth-order valence-corrected chi connectivity index (χ4v) is 3.41. The summed E-state index contributed by atoms with van der Waals surface area (Å²) in [6.07, 6.45) is 1.88. The normalized spacial score (nSPS) is 15.9. The molecule has 0 saturated heterocycles. The van der Waals surface area contributed by atoms with Crippen LogP contribution in [-0.2, 0) is 9.59 Å². The number of rotatable bonds is 6. The lowest BCUT2D eigenvalue weighted by atomic mass is 9.89. The number of carbonyl (C=O) groups excluding carboxylic acids is 2. The minimum absolute atomic E-state index is 0.138. The fourth-order valence-electron chi connectivity index (χ4n) is 2.69. The van der Waals surface area contributed by atoms with Crippen LogP contribution in [0.15, 0.2) is 47.6 Å². The zero-order chi connectivity index (χ0) is 17.6. The van der Waals surface area contributed by atoms with E-state index in [-0.39, 0.29) is 18.2 Å². The van der Waals surface area contributed by atoms with Crippen LogP contribution in [0.1, 0.15) is 17.9 Å². The van der Waals surface area contributed by atoms with E-state index in [1.807, 2.05) is 24.3 Å². The van der Waals surface area contributed by atoms with E-state index in [1.54, 1.807) is 37.2 Å². The predicted octanol–water partition coefficient (Wildman–Crippen LogP) is 2.42. The number of hydrogen-bond donors (Lipinski definition) is 2. The maximum Gasteiger partial charge on any atom is 0.228 e. The van der Waals surface area contributed by atoms with Crippen molar-refractivity contribution in [2.24, 2.45) is 0 Å². The molecule has 130 valence electrons. The Morgan fingerprint density at radius 2 is 2.28 bits per heavy atom. The summed E-state index contributed by atoms with van der Waals surface area (Å²) in [6, 6.07) is 11.1. The molecule has 0 radical (unpaired) electrons. The van der Waals surface area contributed by atoms with Crippen molar-refractivity contribution in [1.82, 2.24) is 10.3 Å². The standard InChI is InChI=1S/C18H19N3O3S/c1-24-12-5-6-15-13(10-12)14(11-16(22)21-15)18(23)20-8-9-25-17-4-2-3-7-19-17/h2-7,10,14H,8-9,11H2,1H3,(H,20,23)(H,21,22)/t14-/m0/s1. The molecular weight excluding hydrogens is 338 g/mol. The first-order valence-electron chi connectivity index (χ1n) is 7.96. The van der Waals surface area contributed by atoms with Crippen LogP contribution in [-0.4, -0.2) is 36.2 Å². The minimum atomic E-state index is -0.501. The second kappa shape index (κ2) is 8.02. The van der Waals surface area contributed by atoms with Gasteiger partial charge in [0.25, 0.3) is 0 Å². The molecule has 0 saturated carbocycles. The van der Waals surface area contributed by atoms with Crippen molar-refractivity contribution in [3.63, 3.8) is 0 Å². The largest absolute Gasteiger partial charge is 0.497 e. The van der Waals surface area contributed by atoms with Gasteiger partial charge in [-0.05, 0) is 35.9 Å². The van der Waals surface area contributed by atoms with Crippen LogP contribution in [0.3, 0.4) is 0 Å². The van der Waals surface area contributed by atoms with Crippen LogP contribution in [0.25, 0.3) is 0 Å². The van der Waals surface area contributed by atoms with Crippen molar-refractivity contribution >= 4 is 29.3 Å². The molecule has 1 atom stereocenters. The van der Waals surface area contributed by atoms with Crippen LogP contribution < -0.4 is 15.4 Å². The number of ether oxygens (including phenoxy) is 1. The topological polar surface area (TPSA) is 80.3 Å². The predicted molar refractivity (Wildman–Crippen MR) is 97.0 cm³/mol. The van der Waals surface area contributed by atoms with Gasteiger partial charge in [-0.25, -0.2) is 4.98 Å². The van der Waals surface area contributed by atoms with Crippen molar-refractivity contribution in [2.75, 3.05) is 24.7 Å². The highest BCUT2D eigenvalue weighted by molar-refractivity contribution is 7.99. The first kappa shape index (κ1) is 17.3. The van der Waals surface area contributed by atoms with Crippen molar-refractivity contribution in [3.05, 3.63) is 48.2 Å². The number of methoxy groups -OCH3 is 1. The molecule has 2 heterocycles. The van der Waals surface area contributed by atoms with Crippen molar-refractivity contribution in [2.45, 2.75) is 17.4 Å². The van der Waals surface area contributed by atoms with E-state index in [0.29, 0.717) is 23.7 Å². The maximum atomic E-state index is 12.6. The fraction of sp³-hybridized carbons (Fsp3) is 0.278. The first-order chi connectivity index (χ1) is 12.2. The molecule has 1 aromatic heterocycles. The summed E-state index contributed by atoms with van der Waals surface area (Å²) in [5.41, 5.74) is 1.45. The SMILES string of the molecule is COc1ccc2c(c1)[C@@H](C(=O)NCCSc1ccccn1)CC(=O)N2.